The molecular weight excluding hydrogens is 388 g/mol. The van der Waals surface area contributed by atoms with Crippen LogP contribution >= 0.6 is 0 Å². The Morgan fingerprint density at radius 1 is 0.967 bits per heavy atom. The molecular formula is C21H22N4O5. The zero-order valence-electron chi connectivity index (χ0n) is 16.7. The van der Waals surface area contributed by atoms with E-state index in [9.17, 15) is 19.2 Å². The highest BCUT2D eigenvalue weighted by molar-refractivity contribution is 6.04. The lowest BCUT2D eigenvalue weighted by atomic mass is 10.1. The lowest BCUT2D eigenvalue weighted by molar-refractivity contribution is -0.146. The van der Waals surface area contributed by atoms with Gasteiger partial charge in [-0.2, -0.15) is 0 Å². The fraction of sp³-hybridized carbons (Fsp3) is 0.381. The first-order chi connectivity index (χ1) is 14.4. The minimum absolute atomic E-state index is 0.151. The number of hydrogen-bond donors (Lipinski definition) is 0. The lowest BCUT2D eigenvalue weighted by Gasteiger charge is -2.34. The number of hydrogen-bond acceptors (Lipinski definition) is 6. The first kappa shape index (κ1) is 19.8. The summed E-state index contributed by atoms with van der Waals surface area (Å²) < 4.78 is 5.25. The normalized spacial score (nSPS) is 17.0. The van der Waals surface area contributed by atoms with Crippen LogP contribution in [0.4, 0.5) is 0 Å². The van der Waals surface area contributed by atoms with Gasteiger partial charge < -0.3 is 14.3 Å². The van der Waals surface area contributed by atoms with E-state index in [4.69, 9.17) is 4.52 Å². The molecule has 3 heterocycles. The summed E-state index contributed by atoms with van der Waals surface area (Å²) in [6, 6.07) is 9.38. The summed E-state index contributed by atoms with van der Waals surface area (Å²) in [7, 11) is 0. The van der Waals surface area contributed by atoms with Crippen LogP contribution in [0.25, 0.3) is 11.3 Å². The molecule has 2 aliphatic rings. The summed E-state index contributed by atoms with van der Waals surface area (Å²) in [5.74, 6) is -1.03. The summed E-state index contributed by atoms with van der Waals surface area (Å²) in [4.78, 5) is 52.7. The first-order valence-corrected chi connectivity index (χ1v) is 9.86. The van der Waals surface area contributed by atoms with Gasteiger partial charge in [-0.25, -0.2) is 0 Å². The molecule has 2 saturated heterocycles. The molecule has 2 aliphatic heterocycles. The molecule has 4 amide bonds. The van der Waals surface area contributed by atoms with Gasteiger partial charge in [-0.15, -0.1) is 0 Å². The zero-order chi connectivity index (χ0) is 21.3. The number of piperazine rings is 1. The second-order valence-corrected chi connectivity index (χ2v) is 7.49. The van der Waals surface area contributed by atoms with Crippen molar-refractivity contribution in [1.82, 2.24) is 19.9 Å². The molecule has 0 spiro atoms. The third-order valence-corrected chi connectivity index (χ3v) is 5.44. The van der Waals surface area contributed by atoms with E-state index in [1.54, 1.807) is 15.9 Å². The van der Waals surface area contributed by atoms with Crippen LogP contribution in [0.1, 0.15) is 29.0 Å². The summed E-state index contributed by atoms with van der Waals surface area (Å²) in [5.41, 5.74) is 2.58. The Labute approximate surface area is 173 Å². The smallest absolute Gasteiger partial charge is 0.292 e. The van der Waals surface area contributed by atoms with E-state index < -0.39 is 0 Å². The van der Waals surface area contributed by atoms with Gasteiger partial charge in [0.25, 0.3) is 5.91 Å². The van der Waals surface area contributed by atoms with Gasteiger partial charge in [0.2, 0.25) is 23.5 Å². The van der Waals surface area contributed by atoms with E-state index in [1.165, 1.54) is 0 Å². The van der Waals surface area contributed by atoms with Crippen LogP contribution in [-0.4, -0.2) is 76.2 Å². The Balaban J connectivity index is 1.33. The third kappa shape index (κ3) is 3.96. The second-order valence-electron chi connectivity index (χ2n) is 7.49. The Bertz CT molecular complexity index is 973. The highest BCUT2D eigenvalue weighted by Gasteiger charge is 2.33. The molecule has 0 bridgehead atoms. The van der Waals surface area contributed by atoms with Gasteiger partial charge >= 0.3 is 0 Å². The molecule has 0 aliphatic carbocycles. The Hall–Kier alpha value is -3.49. The Morgan fingerprint density at radius 3 is 2.20 bits per heavy atom. The molecule has 1 aromatic carbocycles. The first-order valence-electron chi connectivity index (χ1n) is 9.86. The maximum atomic E-state index is 12.7. The molecule has 1 aromatic heterocycles. The summed E-state index contributed by atoms with van der Waals surface area (Å²) in [6.45, 7) is 3.11. The Kier molecular flexibility index (Phi) is 5.35. The van der Waals surface area contributed by atoms with Crippen molar-refractivity contribution in [1.29, 1.82) is 0 Å². The van der Waals surface area contributed by atoms with Crippen molar-refractivity contribution in [3.05, 3.63) is 41.7 Å². The summed E-state index contributed by atoms with van der Waals surface area (Å²) in [5, 5.41) is 3.99. The van der Waals surface area contributed by atoms with E-state index >= 15 is 0 Å². The summed E-state index contributed by atoms with van der Waals surface area (Å²) >= 11 is 0. The van der Waals surface area contributed by atoms with Gasteiger partial charge in [0.1, 0.15) is 12.2 Å². The zero-order valence-corrected chi connectivity index (χ0v) is 16.7. The number of amides is 4. The second kappa shape index (κ2) is 8.10. The molecule has 0 atom stereocenters. The van der Waals surface area contributed by atoms with Crippen molar-refractivity contribution >= 4 is 23.6 Å². The van der Waals surface area contributed by atoms with Crippen molar-refractivity contribution < 1.29 is 23.7 Å². The molecule has 0 unspecified atom stereocenters. The van der Waals surface area contributed by atoms with Crippen LogP contribution in [0, 0.1) is 6.92 Å². The number of imide groups is 1. The molecule has 9 heteroatoms. The quantitative estimate of drug-likeness (QED) is 0.699. The minimum atomic E-state index is -0.308. The van der Waals surface area contributed by atoms with Crippen molar-refractivity contribution in [2.24, 2.45) is 0 Å². The molecule has 156 valence electrons. The highest BCUT2D eigenvalue weighted by Crippen LogP contribution is 2.21. The van der Waals surface area contributed by atoms with Crippen LogP contribution in [-0.2, 0) is 14.4 Å². The molecule has 0 radical (unpaired) electrons. The van der Waals surface area contributed by atoms with Gasteiger partial charge in [0.05, 0.1) is 0 Å². The van der Waals surface area contributed by atoms with Gasteiger partial charge in [-0.3, -0.25) is 24.1 Å². The topological polar surface area (TPSA) is 104 Å². The summed E-state index contributed by atoms with van der Waals surface area (Å²) in [6.07, 6.45) is 0.326. The number of carbonyl (C=O) groups is 4. The largest absolute Gasteiger partial charge is 0.350 e. The van der Waals surface area contributed by atoms with E-state index in [0.717, 1.165) is 16.0 Å². The number of nitrogens with zero attached hydrogens (tertiary/aromatic N) is 4. The molecule has 4 rings (SSSR count). The maximum absolute atomic E-state index is 12.7. The number of carbonyl (C=O) groups excluding carboxylic acids is 4. The SMILES string of the molecule is Cc1ccc(-c2cc(C(=O)N3CCN(C(=O)CN4C(=O)CCC4=O)CC3)on2)cc1. The molecule has 9 nitrogen and oxygen atoms in total. The molecule has 2 aromatic rings. The lowest BCUT2D eigenvalue weighted by Crippen LogP contribution is -2.53. The van der Waals surface area contributed by atoms with Crippen molar-refractivity contribution in [3.8, 4) is 11.3 Å². The van der Waals surface area contributed by atoms with Gasteiger partial charge in [0.15, 0.2) is 0 Å². The van der Waals surface area contributed by atoms with E-state index in [1.807, 2.05) is 31.2 Å². The van der Waals surface area contributed by atoms with Crippen molar-refractivity contribution in [3.63, 3.8) is 0 Å². The van der Waals surface area contributed by atoms with E-state index in [2.05, 4.69) is 5.16 Å². The number of rotatable bonds is 4. The Morgan fingerprint density at radius 2 is 1.57 bits per heavy atom. The average molecular weight is 410 g/mol. The van der Waals surface area contributed by atoms with Crippen molar-refractivity contribution in [2.75, 3.05) is 32.7 Å². The van der Waals surface area contributed by atoms with Crippen LogP contribution < -0.4 is 0 Å². The molecule has 0 N–H and O–H groups in total. The minimum Gasteiger partial charge on any atom is -0.350 e. The number of aromatic nitrogens is 1. The van der Waals surface area contributed by atoms with Crippen molar-refractivity contribution in [2.45, 2.75) is 19.8 Å². The molecule has 30 heavy (non-hydrogen) atoms. The number of aryl methyl sites for hydroxylation is 1. The standard InChI is InChI=1S/C21H22N4O5/c1-14-2-4-15(5-3-14)16-12-17(30-22-16)21(29)24-10-8-23(9-11-24)20(28)13-25-18(26)6-7-19(25)27/h2-5,12H,6-11,13H2,1H3. The third-order valence-electron chi connectivity index (χ3n) is 5.44. The van der Waals surface area contributed by atoms with Gasteiger partial charge in [-0.1, -0.05) is 35.0 Å². The van der Waals surface area contributed by atoms with Crippen LogP contribution in [0.2, 0.25) is 0 Å². The average Bonchev–Trinajstić information content (AvgIpc) is 3.36. The highest BCUT2D eigenvalue weighted by atomic mass is 16.5. The fourth-order valence-electron chi connectivity index (χ4n) is 3.59. The van der Waals surface area contributed by atoms with Crippen LogP contribution in [0.15, 0.2) is 34.9 Å². The van der Waals surface area contributed by atoms with Gasteiger partial charge in [-0.05, 0) is 6.92 Å². The van der Waals surface area contributed by atoms with Gasteiger partial charge in [0, 0.05) is 50.7 Å². The predicted octanol–water partition coefficient (Wildman–Crippen LogP) is 1.08. The van der Waals surface area contributed by atoms with Crippen LogP contribution in [0.3, 0.4) is 0 Å². The molecule has 0 saturated carbocycles. The van der Waals surface area contributed by atoms with Crippen LogP contribution in [0.5, 0.6) is 0 Å². The van der Waals surface area contributed by atoms with E-state index in [0.29, 0.717) is 31.9 Å². The molecule has 2 fully saturated rings. The van der Waals surface area contributed by atoms with E-state index in [-0.39, 0.29) is 48.8 Å². The maximum Gasteiger partial charge on any atom is 0.292 e. The number of likely N-dealkylation sites (tertiary alicyclic amines) is 1. The fourth-order valence-corrected chi connectivity index (χ4v) is 3.59. The number of benzene rings is 1. The monoisotopic (exact) mass is 410 g/mol. The predicted molar refractivity (Wildman–Crippen MR) is 105 cm³/mol.